The molecular weight excluding hydrogens is 336 g/mol. The molecule has 104 valence electrons. The summed E-state index contributed by atoms with van der Waals surface area (Å²) < 4.78 is 32.4. The maximum absolute atomic E-state index is 13.7. The molecule has 0 aliphatic heterocycles. The number of ether oxygens (including phenoxy) is 1. The largest absolute Gasteiger partial charge is 0.454 e. The molecule has 0 saturated heterocycles. The van der Waals surface area contributed by atoms with Gasteiger partial charge in [-0.3, -0.25) is 10.1 Å². The average Bonchev–Trinajstić information content (AvgIpc) is 2.40. The van der Waals surface area contributed by atoms with Gasteiger partial charge in [0, 0.05) is 23.0 Å². The molecule has 0 aliphatic rings. The molecule has 7 heteroatoms. The van der Waals surface area contributed by atoms with Crippen molar-refractivity contribution in [3.63, 3.8) is 0 Å². The highest BCUT2D eigenvalue weighted by atomic mass is 79.9. The molecule has 0 aliphatic carbocycles. The van der Waals surface area contributed by atoms with Crippen molar-refractivity contribution in [2.45, 2.75) is 5.33 Å². The standard InChI is InChI=1S/C13H8BrF2NO3/c14-7-8-2-1-3-10(15)13(8)20-9-4-5-12(17(18)19)11(16)6-9/h1-6H,7H2. The van der Waals surface area contributed by atoms with Crippen LogP contribution in [0, 0.1) is 21.7 Å². The van der Waals surface area contributed by atoms with Crippen LogP contribution in [-0.2, 0) is 5.33 Å². The molecule has 0 heterocycles. The molecule has 0 atom stereocenters. The van der Waals surface area contributed by atoms with Crippen LogP contribution in [0.25, 0.3) is 0 Å². The lowest BCUT2D eigenvalue weighted by Gasteiger charge is -2.10. The van der Waals surface area contributed by atoms with Crippen molar-refractivity contribution in [1.82, 2.24) is 0 Å². The molecule has 2 aromatic carbocycles. The van der Waals surface area contributed by atoms with Gasteiger partial charge in [0.1, 0.15) is 5.75 Å². The van der Waals surface area contributed by atoms with E-state index < -0.39 is 22.2 Å². The fourth-order valence-electron chi connectivity index (χ4n) is 1.59. The summed E-state index contributed by atoms with van der Waals surface area (Å²) in [6.07, 6.45) is 0. The minimum Gasteiger partial charge on any atom is -0.454 e. The maximum Gasteiger partial charge on any atom is 0.305 e. The quantitative estimate of drug-likeness (QED) is 0.464. The summed E-state index contributed by atoms with van der Waals surface area (Å²) in [7, 11) is 0. The molecule has 0 radical (unpaired) electrons. The Morgan fingerprint density at radius 3 is 2.55 bits per heavy atom. The zero-order valence-electron chi connectivity index (χ0n) is 9.98. The lowest BCUT2D eigenvalue weighted by molar-refractivity contribution is -0.387. The third kappa shape index (κ3) is 2.93. The highest BCUT2D eigenvalue weighted by Crippen LogP contribution is 2.31. The number of nitro benzene ring substituents is 1. The second-order valence-corrected chi connectivity index (χ2v) is 4.39. The van der Waals surface area contributed by atoms with Crippen molar-refractivity contribution in [3.05, 3.63) is 63.7 Å². The molecule has 0 bridgehead atoms. The van der Waals surface area contributed by atoms with Crippen LogP contribution >= 0.6 is 15.9 Å². The Kier molecular flexibility index (Phi) is 4.29. The van der Waals surface area contributed by atoms with Gasteiger partial charge in [-0.25, -0.2) is 4.39 Å². The van der Waals surface area contributed by atoms with Crippen LogP contribution in [0.5, 0.6) is 11.5 Å². The number of hydrogen-bond donors (Lipinski definition) is 0. The number of halogens is 3. The molecular formula is C13H8BrF2NO3. The fourth-order valence-corrected chi connectivity index (χ4v) is 2.03. The summed E-state index contributed by atoms with van der Waals surface area (Å²) in [6, 6.07) is 7.42. The fraction of sp³-hybridized carbons (Fsp3) is 0.0769. The third-order valence-electron chi connectivity index (χ3n) is 2.53. The van der Waals surface area contributed by atoms with E-state index in [1.165, 1.54) is 18.2 Å². The van der Waals surface area contributed by atoms with Gasteiger partial charge in [-0.05, 0) is 12.1 Å². The molecule has 20 heavy (non-hydrogen) atoms. The van der Waals surface area contributed by atoms with Gasteiger partial charge in [-0.15, -0.1) is 0 Å². The molecule has 4 nitrogen and oxygen atoms in total. The molecule has 0 fully saturated rings. The Bertz CT molecular complexity index is 664. The lowest BCUT2D eigenvalue weighted by Crippen LogP contribution is -1.96. The SMILES string of the molecule is O=[N+]([O-])c1ccc(Oc2c(F)cccc2CBr)cc1F. The molecule has 0 aromatic heterocycles. The molecule has 0 unspecified atom stereocenters. The number of alkyl halides is 1. The Hall–Kier alpha value is -2.02. The first kappa shape index (κ1) is 14.4. The second kappa shape index (κ2) is 5.96. The number of nitro groups is 1. The predicted molar refractivity (Wildman–Crippen MR) is 72.2 cm³/mol. The van der Waals surface area contributed by atoms with E-state index >= 15 is 0 Å². The predicted octanol–water partition coefficient (Wildman–Crippen LogP) is 4.56. The van der Waals surface area contributed by atoms with Gasteiger partial charge in [-0.2, -0.15) is 4.39 Å². The van der Waals surface area contributed by atoms with Gasteiger partial charge < -0.3 is 4.74 Å². The van der Waals surface area contributed by atoms with Gasteiger partial charge in [0.15, 0.2) is 11.6 Å². The molecule has 0 N–H and O–H groups in total. The van der Waals surface area contributed by atoms with E-state index in [0.29, 0.717) is 10.9 Å². The third-order valence-corrected chi connectivity index (χ3v) is 3.13. The van der Waals surface area contributed by atoms with Gasteiger partial charge >= 0.3 is 5.69 Å². The summed E-state index contributed by atoms with van der Waals surface area (Å²) in [5, 5.41) is 10.9. The normalized spacial score (nSPS) is 10.3. The smallest absolute Gasteiger partial charge is 0.305 e. The molecule has 2 rings (SSSR count). The van der Waals surface area contributed by atoms with Crippen molar-refractivity contribution in [1.29, 1.82) is 0 Å². The van der Waals surface area contributed by atoms with Crippen LogP contribution in [0.1, 0.15) is 5.56 Å². The number of rotatable bonds is 4. The lowest BCUT2D eigenvalue weighted by atomic mass is 10.2. The van der Waals surface area contributed by atoms with E-state index in [4.69, 9.17) is 4.74 Å². The van der Waals surface area contributed by atoms with Crippen molar-refractivity contribution < 1.29 is 18.4 Å². The van der Waals surface area contributed by atoms with Gasteiger partial charge in [0.2, 0.25) is 5.82 Å². The van der Waals surface area contributed by atoms with Crippen LogP contribution in [0.3, 0.4) is 0 Å². The summed E-state index contributed by atoms with van der Waals surface area (Å²) in [5.74, 6) is -1.69. The topological polar surface area (TPSA) is 52.4 Å². The van der Waals surface area contributed by atoms with E-state index in [1.54, 1.807) is 6.07 Å². The summed E-state index contributed by atoms with van der Waals surface area (Å²) in [4.78, 5) is 9.66. The first-order valence-electron chi connectivity index (χ1n) is 5.48. The van der Waals surface area contributed by atoms with Gasteiger partial charge in [0.05, 0.1) is 4.92 Å². The molecule has 2 aromatic rings. The summed E-state index contributed by atoms with van der Waals surface area (Å²) in [6.45, 7) is 0. The molecule has 0 spiro atoms. The van der Waals surface area contributed by atoms with Gasteiger partial charge in [-0.1, -0.05) is 28.1 Å². The Morgan fingerprint density at radius 1 is 1.20 bits per heavy atom. The summed E-state index contributed by atoms with van der Waals surface area (Å²) in [5.41, 5.74) is -0.115. The second-order valence-electron chi connectivity index (χ2n) is 3.83. The van der Waals surface area contributed by atoms with E-state index in [1.807, 2.05) is 0 Å². The number of benzene rings is 2. The van der Waals surface area contributed by atoms with E-state index in [9.17, 15) is 18.9 Å². The summed E-state index contributed by atoms with van der Waals surface area (Å²) >= 11 is 3.19. The van der Waals surface area contributed by atoms with Crippen LogP contribution in [0.2, 0.25) is 0 Å². The number of para-hydroxylation sites is 1. The Morgan fingerprint density at radius 2 is 1.95 bits per heavy atom. The van der Waals surface area contributed by atoms with E-state index in [0.717, 1.165) is 12.1 Å². The number of hydrogen-bond acceptors (Lipinski definition) is 3. The number of nitrogens with zero attached hydrogens (tertiary/aromatic N) is 1. The first-order valence-corrected chi connectivity index (χ1v) is 6.60. The van der Waals surface area contributed by atoms with E-state index in [2.05, 4.69) is 15.9 Å². The Labute approximate surface area is 121 Å². The Balaban J connectivity index is 2.36. The maximum atomic E-state index is 13.7. The van der Waals surface area contributed by atoms with Crippen molar-refractivity contribution >= 4 is 21.6 Å². The van der Waals surface area contributed by atoms with Crippen LogP contribution < -0.4 is 4.74 Å². The van der Waals surface area contributed by atoms with Gasteiger partial charge in [0.25, 0.3) is 0 Å². The minimum absolute atomic E-state index is 0.0135. The van der Waals surface area contributed by atoms with Crippen molar-refractivity contribution in [3.8, 4) is 11.5 Å². The van der Waals surface area contributed by atoms with Crippen LogP contribution in [-0.4, -0.2) is 4.92 Å². The van der Waals surface area contributed by atoms with Crippen LogP contribution in [0.15, 0.2) is 36.4 Å². The average molecular weight is 344 g/mol. The highest BCUT2D eigenvalue weighted by molar-refractivity contribution is 9.08. The van der Waals surface area contributed by atoms with E-state index in [-0.39, 0.29) is 11.5 Å². The van der Waals surface area contributed by atoms with Crippen molar-refractivity contribution in [2.75, 3.05) is 0 Å². The molecule has 0 amide bonds. The minimum atomic E-state index is -1.04. The monoisotopic (exact) mass is 343 g/mol. The zero-order chi connectivity index (χ0) is 14.7. The highest BCUT2D eigenvalue weighted by Gasteiger charge is 2.16. The van der Waals surface area contributed by atoms with Crippen molar-refractivity contribution in [2.24, 2.45) is 0 Å². The van der Waals surface area contributed by atoms with Crippen LogP contribution in [0.4, 0.5) is 14.5 Å². The molecule has 0 saturated carbocycles. The first-order chi connectivity index (χ1) is 9.52. The zero-order valence-corrected chi connectivity index (χ0v) is 11.6.